The van der Waals surface area contributed by atoms with Crippen LogP contribution in [0.1, 0.15) is 30.1 Å². The van der Waals surface area contributed by atoms with Crippen molar-refractivity contribution in [2.24, 2.45) is 5.92 Å². The Bertz CT molecular complexity index is 1010. The Morgan fingerprint density at radius 3 is 2.63 bits per heavy atom. The Morgan fingerprint density at radius 2 is 1.93 bits per heavy atom. The number of hydrogen-bond acceptors (Lipinski definition) is 5. The Kier molecular flexibility index (Phi) is 6.84. The molecular weight excluding hydrogens is 380 g/mol. The first-order valence-corrected chi connectivity index (χ1v) is 9.99. The van der Waals surface area contributed by atoms with E-state index in [0.717, 1.165) is 11.1 Å². The third-order valence-electron chi connectivity index (χ3n) is 4.57. The Labute approximate surface area is 176 Å². The summed E-state index contributed by atoms with van der Waals surface area (Å²) in [6.45, 7) is 5.60. The minimum Gasteiger partial charge on any atom is -0.451 e. The van der Waals surface area contributed by atoms with E-state index in [0.29, 0.717) is 36.0 Å². The molecule has 0 unspecified atom stereocenters. The lowest BCUT2D eigenvalue weighted by Gasteiger charge is -2.17. The maximum Gasteiger partial charge on any atom is 0.289 e. The zero-order valence-corrected chi connectivity index (χ0v) is 17.9. The van der Waals surface area contributed by atoms with Crippen molar-refractivity contribution in [1.29, 1.82) is 0 Å². The molecule has 2 aromatic heterocycles. The van der Waals surface area contributed by atoms with Crippen LogP contribution in [-0.2, 0) is 11.3 Å². The predicted octanol–water partition coefficient (Wildman–Crippen LogP) is 3.63. The highest BCUT2D eigenvalue weighted by molar-refractivity contribution is 5.98. The first kappa shape index (κ1) is 21.5. The van der Waals surface area contributed by atoms with E-state index >= 15 is 0 Å². The van der Waals surface area contributed by atoms with E-state index < -0.39 is 0 Å². The van der Waals surface area contributed by atoms with Gasteiger partial charge in [0.1, 0.15) is 5.58 Å². The quantitative estimate of drug-likeness (QED) is 0.616. The number of furan rings is 1. The van der Waals surface area contributed by atoms with E-state index in [1.165, 1.54) is 0 Å². The lowest BCUT2D eigenvalue weighted by molar-refractivity contribution is -0.117. The number of fused-ring (bicyclic) bond motifs is 1. The number of hydrogen-bond donors (Lipinski definition) is 1. The van der Waals surface area contributed by atoms with E-state index in [-0.39, 0.29) is 18.4 Å². The molecule has 30 heavy (non-hydrogen) atoms. The lowest BCUT2D eigenvalue weighted by Crippen LogP contribution is -2.30. The number of rotatable bonds is 8. The van der Waals surface area contributed by atoms with Crippen LogP contribution in [0.15, 0.2) is 53.1 Å². The number of amides is 2. The van der Waals surface area contributed by atoms with Gasteiger partial charge in [-0.3, -0.25) is 19.5 Å². The number of carbonyl (C=O) groups is 2. The fraction of sp³-hybridized carbons (Fsp3) is 0.348. The van der Waals surface area contributed by atoms with Gasteiger partial charge in [0.2, 0.25) is 5.91 Å². The third kappa shape index (κ3) is 5.67. The van der Waals surface area contributed by atoms with Crippen molar-refractivity contribution in [2.45, 2.75) is 20.4 Å². The minimum absolute atomic E-state index is 0.121. The number of nitrogens with one attached hydrogen (secondary N) is 1. The molecule has 1 aromatic carbocycles. The molecule has 0 aliphatic heterocycles. The second kappa shape index (κ2) is 9.54. The summed E-state index contributed by atoms with van der Waals surface area (Å²) in [4.78, 5) is 32.8. The molecule has 1 N–H and O–H groups in total. The molecule has 0 spiro atoms. The van der Waals surface area contributed by atoms with Crippen LogP contribution in [0, 0.1) is 5.92 Å². The molecule has 0 saturated carbocycles. The molecule has 158 valence electrons. The Balaban J connectivity index is 1.62. The monoisotopic (exact) mass is 408 g/mol. The normalized spacial score (nSPS) is 11.3. The van der Waals surface area contributed by atoms with Crippen LogP contribution in [0.25, 0.3) is 11.0 Å². The van der Waals surface area contributed by atoms with Crippen molar-refractivity contribution in [3.63, 3.8) is 0 Å². The summed E-state index contributed by atoms with van der Waals surface area (Å²) in [5.74, 6) is 0.401. The van der Waals surface area contributed by atoms with Crippen LogP contribution in [0.2, 0.25) is 0 Å². The number of likely N-dealkylation sites (N-methyl/N-ethyl adjacent to an activating group) is 1. The molecule has 0 saturated heterocycles. The number of anilines is 1. The van der Waals surface area contributed by atoms with Gasteiger partial charge in [0.15, 0.2) is 5.76 Å². The van der Waals surface area contributed by atoms with E-state index in [2.05, 4.69) is 24.1 Å². The Morgan fingerprint density at radius 1 is 1.13 bits per heavy atom. The molecule has 0 radical (unpaired) electrons. The fourth-order valence-electron chi connectivity index (χ4n) is 3.32. The van der Waals surface area contributed by atoms with Crippen LogP contribution in [-0.4, -0.2) is 53.8 Å². The van der Waals surface area contributed by atoms with Crippen molar-refractivity contribution < 1.29 is 14.0 Å². The largest absolute Gasteiger partial charge is 0.451 e. The van der Waals surface area contributed by atoms with Gasteiger partial charge in [-0.15, -0.1) is 0 Å². The van der Waals surface area contributed by atoms with Gasteiger partial charge < -0.3 is 14.6 Å². The van der Waals surface area contributed by atoms with Crippen LogP contribution < -0.4 is 5.32 Å². The van der Waals surface area contributed by atoms with Crippen LogP contribution >= 0.6 is 0 Å². The van der Waals surface area contributed by atoms with Crippen LogP contribution in [0.5, 0.6) is 0 Å². The summed E-state index contributed by atoms with van der Waals surface area (Å²) in [6.07, 6.45) is 1.74. The van der Waals surface area contributed by atoms with Gasteiger partial charge in [-0.05, 0) is 49.4 Å². The number of pyridine rings is 1. The highest BCUT2D eigenvalue weighted by Gasteiger charge is 2.18. The molecule has 0 atom stereocenters. The predicted molar refractivity (Wildman–Crippen MR) is 117 cm³/mol. The molecule has 3 rings (SSSR count). The van der Waals surface area contributed by atoms with Gasteiger partial charge >= 0.3 is 0 Å². The summed E-state index contributed by atoms with van der Waals surface area (Å²) in [5.41, 5.74) is 2.18. The number of nitrogens with zero attached hydrogens (tertiary/aromatic N) is 3. The van der Waals surface area contributed by atoms with Crippen molar-refractivity contribution in [1.82, 2.24) is 14.8 Å². The van der Waals surface area contributed by atoms with E-state index in [9.17, 15) is 9.59 Å². The zero-order valence-electron chi connectivity index (χ0n) is 17.9. The number of carbonyl (C=O) groups excluding carboxylic acids is 2. The lowest BCUT2D eigenvalue weighted by atomic mass is 10.2. The molecule has 7 heteroatoms. The van der Waals surface area contributed by atoms with Gasteiger partial charge in [-0.25, -0.2) is 0 Å². The first-order chi connectivity index (χ1) is 14.3. The molecule has 7 nitrogen and oxygen atoms in total. The molecule has 0 aliphatic carbocycles. The SMILES string of the molecule is CC(C)CN(C)C(=O)c1cc2cc(NC(=O)CN(C)Cc3ccccn3)ccc2o1. The van der Waals surface area contributed by atoms with Gasteiger partial charge in [-0.1, -0.05) is 19.9 Å². The van der Waals surface area contributed by atoms with Crippen molar-refractivity contribution in [2.75, 3.05) is 32.5 Å². The summed E-state index contributed by atoms with van der Waals surface area (Å²) < 4.78 is 5.70. The Hall–Kier alpha value is -3.19. The standard InChI is InChI=1S/C23H28N4O3/c1-16(2)13-27(4)23(29)21-12-17-11-18(8-9-20(17)30-21)25-22(28)15-26(3)14-19-7-5-6-10-24-19/h5-12,16H,13-15H2,1-4H3,(H,25,28). The molecule has 0 bridgehead atoms. The first-order valence-electron chi connectivity index (χ1n) is 9.99. The average molecular weight is 409 g/mol. The van der Waals surface area contributed by atoms with Gasteiger partial charge in [0.25, 0.3) is 5.91 Å². The summed E-state index contributed by atoms with van der Waals surface area (Å²) in [6, 6.07) is 12.8. The second-order valence-corrected chi connectivity index (χ2v) is 7.98. The molecular formula is C23H28N4O3. The summed E-state index contributed by atoms with van der Waals surface area (Å²) >= 11 is 0. The molecule has 3 aromatic rings. The maximum atomic E-state index is 12.5. The maximum absolute atomic E-state index is 12.5. The van der Waals surface area contributed by atoms with Crippen molar-refractivity contribution in [3.8, 4) is 0 Å². The molecule has 0 aliphatic rings. The van der Waals surface area contributed by atoms with Gasteiger partial charge in [0.05, 0.1) is 12.2 Å². The van der Waals surface area contributed by atoms with Crippen LogP contribution in [0.4, 0.5) is 5.69 Å². The number of aromatic nitrogens is 1. The van der Waals surface area contributed by atoms with E-state index in [4.69, 9.17) is 4.42 Å². The molecule has 0 fully saturated rings. The third-order valence-corrected chi connectivity index (χ3v) is 4.57. The fourth-order valence-corrected chi connectivity index (χ4v) is 3.32. The zero-order chi connectivity index (χ0) is 21.7. The van der Waals surface area contributed by atoms with E-state index in [1.807, 2.05) is 36.2 Å². The minimum atomic E-state index is -0.151. The average Bonchev–Trinajstić information content (AvgIpc) is 3.10. The highest BCUT2D eigenvalue weighted by atomic mass is 16.3. The molecule has 2 amide bonds. The summed E-state index contributed by atoms with van der Waals surface area (Å²) in [7, 11) is 3.64. The second-order valence-electron chi connectivity index (χ2n) is 7.98. The summed E-state index contributed by atoms with van der Waals surface area (Å²) in [5, 5.41) is 3.67. The topological polar surface area (TPSA) is 78.7 Å². The smallest absolute Gasteiger partial charge is 0.289 e. The number of benzene rings is 1. The highest BCUT2D eigenvalue weighted by Crippen LogP contribution is 2.24. The van der Waals surface area contributed by atoms with Crippen LogP contribution in [0.3, 0.4) is 0 Å². The molecule has 2 heterocycles. The van der Waals surface area contributed by atoms with Gasteiger partial charge in [-0.2, -0.15) is 0 Å². The van der Waals surface area contributed by atoms with E-state index in [1.54, 1.807) is 36.3 Å². The van der Waals surface area contributed by atoms with Crippen molar-refractivity contribution >= 4 is 28.5 Å². The van der Waals surface area contributed by atoms with Gasteiger partial charge in [0, 0.05) is 37.4 Å². The van der Waals surface area contributed by atoms with Crippen molar-refractivity contribution in [3.05, 3.63) is 60.1 Å².